The molecule has 0 radical (unpaired) electrons. The minimum absolute atomic E-state index is 0.241. The third-order valence-electron chi connectivity index (χ3n) is 2.79. The number of hydrogen-bond acceptors (Lipinski definition) is 5. The van der Waals surface area contributed by atoms with E-state index in [-0.39, 0.29) is 19.5 Å². The first-order valence-electron chi connectivity index (χ1n) is 7.13. The van der Waals surface area contributed by atoms with Gasteiger partial charge in [-0.3, -0.25) is 9.88 Å². The molecule has 126 valence electrons. The number of benzene rings is 1. The molecule has 1 N–H and O–H groups in total. The van der Waals surface area contributed by atoms with Crippen LogP contribution in [0.5, 0.6) is 0 Å². The van der Waals surface area contributed by atoms with E-state index in [0.29, 0.717) is 5.02 Å². The second-order valence-corrected chi connectivity index (χ2v) is 11.3. The Balaban J connectivity index is 3.16. The number of rotatable bonds is 9. The van der Waals surface area contributed by atoms with Crippen LogP contribution in [0.3, 0.4) is 0 Å². The molecular formula is C14H24ClNO4P2. The Morgan fingerprint density at radius 1 is 1.09 bits per heavy atom. The van der Waals surface area contributed by atoms with E-state index in [4.69, 9.17) is 20.6 Å². The van der Waals surface area contributed by atoms with Crippen molar-refractivity contribution in [3.8, 4) is 0 Å². The Morgan fingerprint density at radius 3 is 2.00 bits per heavy atom. The van der Waals surface area contributed by atoms with Crippen molar-refractivity contribution in [1.82, 2.24) is 5.32 Å². The van der Waals surface area contributed by atoms with Crippen molar-refractivity contribution < 1.29 is 18.2 Å². The number of halogens is 1. The third kappa shape index (κ3) is 6.16. The van der Waals surface area contributed by atoms with Crippen molar-refractivity contribution in [3.63, 3.8) is 0 Å². The van der Waals surface area contributed by atoms with Gasteiger partial charge in [0, 0.05) is 11.3 Å². The predicted molar refractivity (Wildman–Crippen MR) is 92.5 cm³/mol. The Hall–Kier alpha value is -0.150. The van der Waals surface area contributed by atoms with E-state index < -0.39 is 20.5 Å². The molecule has 1 atom stereocenters. The van der Waals surface area contributed by atoms with Gasteiger partial charge in [0.25, 0.3) is 0 Å². The van der Waals surface area contributed by atoms with E-state index >= 15 is 0 Å². The molecule has 0 aliphatic heterocycles. The molecule has 1 rings (SSSR count). The van der Waals surface area contributed by atoms with Gasteiger partial charge in [0.1, 0.15) is 5.78 Å². The SMILES string of the molecule is CCOP(=O)(OCC)C(NCP(C)(C)=O)c1ccc(Cl)cc1. The lowest BCUT2D eigenvalue weighted by molar-refractivity contribution is 0.208. The van der Waals surface area contributed by atoms with Gasteiger partial charge < -0.3 is 13.6 Å². The van der Waals surface area contributed by atoms with E-state index in [1.165, 1.54) is 0 Å². The smallest absolute Gasteiger partial charge is 0.323 e. The summed E-state index contributed by atoms with van der Waals surface area (Å²) >= 11 is 5.91. The highest BCUT2D eigenvalue weighted by molar-refractivity contribution is 7.62. The Bertz CT molecular complexity index is 548. The fourth-order valence-corrected chi connectivity index (χ4v) is 4.75. The molecule has 0 spiro atoms. The Kier molecular flexibility index (Phi) is 7.81. The molecule has 0 aliphatic rings. The summed E-state index contributed by atoms with van der Waals surface area (Å²) in [6, 6.07) is 6.96. The molecule has 0 aromatic heterocycles. The molecule has 0 saturated heterocycles. The summed E-state index contributed by atoms with van der Waals surface area (Å²) in [5, 5.41) is 3.67. The van der Waals surface area contributed by atoms with Crippen molar-refractivity contribution in [1.29, 1.82) is 0 Å². The lowest BCUT2D eigenvalue weighted by Gasteiger charge is -2.28. The summed E-state index contributed by atoms with van der Waals surface area (Å²) in [4.78, 5) is 0. The molecule has 0 bridgehead atoms. The van der Waals surface area contributed by atoms with Crippen LogP contribution in [0.15, 0.2) is 24.3 Å². The van der Waals surface area contributed by atoms with E-state index in [1.807, 2.05) is 0 Å². The maximum Gasteiger partial charge on any atom is 0.351 e. The summed E-state index contributed by atoms with van der Waals surface area (Å²) in [5.41, 5.74) is 0.725. The van der Waals surface area contributed by atoms with Gasteiger partial charge in [-0.15, -0.1) is 0 Å². The quantitative estimate of drug-likeness (QED) is 0.637. The van der Waals surface area contributed by atoms with E-state index in [0.717, 1.165) is 5.56 Å². The molecule has 1 aromatic rings. The molecule has 0 aliphatic carbocycles. The van der Waals surface area contributed by atoms with Gasteiger partial charge in [-0.1, -0.05) is 23.7 Å². The second kappa shape index (κ2) is 8.63. The fraction of sp³-hybridized carbons (Fsp3) is 0.571. The zero-order chi connectivity index (χ0) is 16.8. The van der Waals surface area contributed by atoms with E-state index in [9.17, 15) is 9.13 Å². The molecule has 0 saturated carbocycles. The number of hydrogen-bond donors (Lipinski definition) is 1. The zero-order valence-electron chi connectivity index (χ0n) is 13.4. The van der Waals surface area contributed by atoms with Crippen LogP contribution < -0.4 is 5.32 Å². The first-order chi connectivity index (χ1) is 10.2. The summed E-state index contributed by atoms with van der Waals surface area (Å²) in [7, 11) is -5.75. The highest BCUT2D eigenvalue weighted by Gasteiger charge is 2.37. The fourth-order valence-electron chi connectivity index (χ4n) is 1.91. The maximum absolute atomic E-state index is 13.1. The van der Waals surface area contributed by atoms with Crippen molar-refractivity contribution in [3.05, 3.63) is 34.9 Å². The topological polar surface area (TPSA) is 64.6 Å². The largest absolute Gasteiger partial charge is 0.351 e. The first kappa shape index (κ1) is 19.9. The van der Waals surface area contributed by atoms with Crippen LogP contribution in [0.4, 0.5) is 0 Å². The molecule has 22 heavy (non-hydrogen) atoms. The third-order valence-corrected chi connectivity index (χ3v) is 6.33. The van der Waals surface area contributed by atoms with Crippen molar-refractivity contribution >= 4 is 26.3 Å². The summed E-state index contributed by atoms with van der Waals surface area (Å²) < 4.78 is 35.9. The van der Waals surface area contributed by atoms with Crippen molar-refractivity contribution in [2.75, 3.05) is 32.8 Å². The standard InChI is InChI=1S/C14H24ClNO4P2/c1-5-19-22(18,20-6-2)14(16-11-21(3,4)17)12-7-9-13(15)10-8-12/h7-10,14,16H,5-6,11H2,1-4H3. The average molecular weight is 368 g/mol. The molecule has 0 amide bonds. The molecule has 0 heterocycles. The molecule has 1 aromatic carbocycles. The Labute approximate surface area is 137 Å². The van der Waals surface area contributed by atoms with Crippen LogP contribution in [-0.4, -0.2) is 32.8 Å². The minimum Gasteiger partial charge on any atom is -0.323 e. The van der Waals surface area contributed by atoms with Gasteiger partial charge in [0.2, 0.25) is 0 Å². The minimum atomic E-state index is -3.43. The molecule has 1 unspecified atom stereocenters. The maximum atomic E-state index is 13.1. The van der Waals surface area contributed by atoms with Gasteiger partial charge in [0.15, 0.2) is 0 Å². The van der Waals surface area contributed by atoms with Gasteiger partial charge in [-0.2, -0.15) is 0 Å². The first-order valence-corrected chi connectivity index (χ1v) is 11.9. The lowest BCUT2D eigenvalue weighted by Crippen LogP contribution is -2.24. The van der Waals surface area contributed by atoms with Gasteiger partial charge in [-0.25, -0.2) is 0 Å². The molecule has 8 heteroatoms. The summed E-state index contributed by atoms with van der Waals surface area (Å²) in [6.07, 6.45) is 0.241. The van der Waals surface area contributed by atoms with Crippen LogP contribution in [0.2, 0.25) is 5.02 Å². The lowest BCUT2D eigenvalue weighted by atomic mass is 10.2. The highest BCUT2D eigenvalue weighted by Crippen LogP contribution is 2.60. The monoisotopic (exact) mass is 367 g/mol. The summed E-state index contributed by atoms with van der Waals surface area (Å²) in [5.74, 6) is -0.683. The second-order valence-electron chi connectivity index (χ2n) is 5.27. The normalized spacial score (nSPS) is 14.0. The van der Waals surface area contributed by atoms with E-state index in [2.05, 4.69) is 5.32 Å². The Morgan fingerprint density at radius 2 is 1.59 bits per heavy atom. The number of nitrogens with one attached hydrogen (secondary N) is 1. The van der Waals surface area contributed by atoms with Crippen molar-refractivity contribution in [2.45, 2.75) is 19.6 Å². The van der Waals surface area contributed by atoms with Crippen LogP contribution in [0.25, 0.3) is 0 Å². The molecular weight excluding hydrogens is 344 g/mol. The average Bonchev–Trinajstić information content (AvgIpc) is 2.40. The van der Waals surface area contributed by atoms with Gasteiger partial charge in [-0.05, 0) is 44.9 Å². The van der Waals surface area contributed by atoms with E-state index in [1.54, 1.807) is 51.4 Å². The summed E-state index contributed by atoms with van der Waals surface area (Å²) in [6.45, 7) is 7.39. The predicted octanol–water partition coefficient (Wildman–Crippen LogP) is 4.77. The van der Waals surface area contributed by atoms with Crippen molar-refractivity contribution in [2.24, 2.45) is 0 Å². The van der Waals surface area contributed by atoms with Crippen LogP contribution in [-0.2, 0) is 18.2 Å². The van der Waals surface area contributed by atoms with Crippen LogP contribution >= 0.6 is 26.3 Å². The van der Waals surface area contributed by atoms with Crippen LogP contribution in [0, 0.1) is 0 Å². The van der Waals surface area contributed by atoms with Gasteiger partial charge >= 0.3 is 7.60 Å². The van der Waals surface area contributed by atoms with Gasteiger partial charge in [0.05, 0.1) is 20.4 Å². The molecule has 5 nitrogen and oxygen atoms in total. The molecule has 0 fully saturated rings. The highest BCUT2D eigenvalue weighted by atomic mass is 35.5. The van der Waals surface area contributed by atoms with Crippen LogP contribution in [0.1, 0.15) is 25.2 Å². The zero-order valence-corrected chi connectivity index (χ0v) is 16.0.